The summed E-state index contributed by atoms with van der Waals surface area (Å²) >= 11 is 0. The van der Waals surface area contributed by atoms with Gasteiger partial charge in [0.1, 0.15) is 5.75 Å². The van der Waals surface area contributed by atoms with Gasteiger partial charge in [-0.05, 0) is 36.1 Å². The van der Waals surface area contributed by atoms with Gasteiger partial charge in [-0.2, -0.15) is 0 Å². The normalized spacial score (nSPS) is 15.9. The maximum Gasteiger partial charge on any atom is 0.319 e. The van der Waals surface area contributed by atoms with Gasteiger partial charge in [0.05, 0.1) is 12.8 Å². The van der Waals surface area contributed by atoms with E-state index in [-0.39, 0.29) is 17.8 Å². The molecule has 0 atom stereocenters. The third-order valence-corrected chi connectivity index (χ3v) is 5.82. The Morgan fingerprint density at radius 3 is 2.34 bits per heavy atom. The first-order valence-corrected chi connectivity index (χ1v) is 10.9. The number of methoxy groups -OCH3 is 1. The van der Waals surface area contributed by atoms with Crippen LogP contribution in [-0.2, 0) is 22.7 Å². The van der Waals surface area contributed by atoms with Crippen molar-refractivity contribution >= 4 is 29.2 Å². The molecule has 2 aromatic rings. The summed E-state index contributed by atoms with van der Waals surface area (Å²) in [6, 6.07) is 12.8. The fraction of sp³-hybridized carbons (Fsp3) is 0.375. The molecule has 32 heavy (non-hydrogen) atoms. The van der Waals surface area contributed by atoms with Gasteiger partial charge in [0.15, 0.2) is 0 Å². The molecular weight excluding hydrogens is 408 g/mol. The van der Waals surface area contributed by atoms with Crippen molar-refractivity contribution in [2.75, 3.05) is 30.4 Å². The van der Waals surface area contributed by atoms with Crippen LogP contribution in [0, 0.1) is 0 Å². The first-order chi connectivity index (χ1) is 15.5. The van der Waals surface area contributed by atoms with Gasteiger partial charge in [-0.25, -0.2) is 4.79 Å². The maximum absolute atomic E-state index is 12.3. The average molecular weight is 437 g/mol. The first kappa shape index (κ1) is 21.7. The van der Waals surface area contributed by atoms with Crippen LogP contribution in [0.1, 0.15) is 36.8 Å². The van der Waals surface area contributed by atoms with Crippen LogP contribution < -0.4 is 20.3 Å². The molecule has 2 aliphatic rings. The van der Waals surface area contributed by atoms with E-state index in [0.29, 0.717) is 43.9 Å². The van der Waals surface area contributed by atoms with Crippen molar-refractivity contribution in [2.45, 2.75) is 38.8 Å². The van der Waals surface area contributed by atoms with Crippen molar-refractivity contribution in [1.29, 1.82) is 0 Å². The van der Waals surface area contributed by atoms with Crippen molar-refractivity contribution in [3.63, 3.8) is 0 Å². The van der Waals surface area contributed by atoms with E-state index in [1.807, 2.05) is 29.2 Å². The molecule has 2 fully saturated rings. The number of hydrogen-bond acceptors (Lipinski definition) is 4. The van der Waals surface area contributed by atoms with Gasteiger partial charge in [0.25, 0.3) is 0 Å². The molecule has 2 aromatic carbocycles. The Bertz CT molecular complexity index is 1010. The van der Waals surface area contributed by atoms with Crippen molar-refractivity contribution < 1.29 is 19.1 Å². The monoisotopic (exact) mass is 436 g/mol. The molecule has 8 nitrogen and oxygen atoms in total. The van der Waals surface area contributed by atoms with E-state index in [1.54, 1.807) is 30.2 Å². The molecule has 0 aliphatic carbocycles. The molecule has 4 rings (SSSR count). The summed E-state index contributed by atoms with van der Waals surface area (Å²) in [6.07, 6.45) is 2.95. The lowest BCUT2D eigenvalue weighted by atomic mass is 10.1. The number of ether oxygens (including phenoxy) is 1. The number of hydrogen-bond donors (Lipinski definition) is 2. The van der Waals surface area contributed by atoms with Gasteiger partial charge < -0.3 is 25.2 Å². The Kier molecular flexibility index (Phi) is 6.58. The van der Waals surface area contributed by atoms with Crippen molar-refractivity contribution in [1.82, 2.24) is 10.2 Å². The molecule has 2 aliphatic heterocycles. The molecule has 4 amide bonds. The van der Waals surface area contributed by atoms with E-state index in [4.69, 9.17) is 4.74 Å². The van der Waals surface area contributed by atoms with E-state index < -0.39 is 0 Å². The van der Waals surface area contributed by atoms with Crippen LogP contribution in [0.4, 0.5) is 16.2 Å². The van der Waals surface area contributed by atoms with Crippen LogP contribution in [-0.4, -0.2) is 42.9 Å². The predicted octanol–water partition coefficient (Wildman–Crippen LogP) is 3.27. The van der Waals surface area contributed by atoms with E-state index in [0.717, 1.165) is 36.2 Å². The summed E-state index contributed by atoms with van der Waals surface area (Å²) in [4.78, 5) is 39.7. The van der Waals surface area contributed by atoms with E-state index in [1.165, 1.54) is 0 Å². The van der Waals surface area contributed by atoms with E-state index >= 15 is 0 Å². The first-order valence-electron chi connectivity index (χ1n) is 10.9. The highest BCUT2D eigenvalue weighted by Gasteiger charge is 2.24. The Morgan fingerprint density at radius 2 is 1.69 bits per heavy atom. The number of amides is 4. The zero-order valence-electron chi connectivity index (χ0n) is 18.2. The second-order valence-electron chi connectivity index (χ2n) is 8.08. The second kappa shape index (κ2) is 9.72. The number of likely N-dealkylation sites (tertiary alicyclic amines) is 1. The minimum atomic E-state index is -0.330. The number of rotatable bonds is 7. The Morgan fingerprint density at radius 1 is 0.969 bits per heavy atom. The third-order valence-electron chi connectivity index (χ3n) is 5.82. The molecule has 0 spiro atoms. The molecule has 0 saturated carbocycles. The van der Waals surface area contributed by atoms with Gasteiger partial charge in [-0.15, -0.1) is 0 Å². The van der Waals surface area contributed by atoms with E-state index in [9.17, 15) is 14.4 Å². The Labute approximate surface area is 187 Å². The fourth-order valence-electron chi connectivity index (χ4n) is 4.09. The van der Waals surface area contributed by atoms with Crippen LogP contribution in [0.2, 0.25) is 0 Å². The molecule has 0 aromatic heterocycles. The molecule has 8 heteroatoms. The SMILES string of the molecule is COc1cc(NC(=O)NCc2ccc(CN3CCCC3=O)cc2)ccc1N1CCCC1=O. The number of urea groups is 1. The second-order valence-corrected chi connectivity index (χ2v) is 8.08. The molecule has 2 saturated heterocycles. The molecular formula is C24H28N4O4. The lowest BCUT2D eigenvalue weighted by molar-refractivity contribution is -0.128. The standard InChI is InChI=1S/C24H28N4O4/c1-32-21-14-19(10-11-20(21)28-13-3-5-23(28)30)26-24(31)25-15-17-6-8-18(9-7-17)16-27-12-2-4-22(27)29/h6-11,14H,2-5,12-13,15-16H2,1H3,(H2,25,26,31). The Hall–Kier alpha value is -3.55. The summed E-state index contributed by atoms with van der Waals surface area (Å²) in [7, 11) is 1.55. The van der Waals surface area contributed by atoms with Gasteiger partial charge in [-0.1, -0.05) is 24.3 Å². The summed E-state index contributed by atoms with van der Waals surface area (Å²) in [5.74, 6) is 0.842. The van der Waals surface area contributed by atoms with Crippen molar-refractivity contribution in [3.8, 4) is 5.75 Å². The summed E-state index contributed by atoms with van der Waals surface area (Å²) in [5.41, 5.74) is 3.35. The van der Waals surface area contributed by atoms with Crippen LogP contribution in [0.15, 0.2) is 42.5 Å². The fourth-order valence-corrected chi connectivity index (χ4v) is 4.09. The molecule has 0 unspecified atom stereocenters. The molecule has 0 radical (unpaired) electrons. The van der Waals surface area contributed by atoms with E-state index in [2.05, 4.69) is 10.6 Å². The summed E-state index contributed by atoms with van der Waals surface area (Å²) < 4.78 is 5.43. The predicted molar refractivity (Wildman–Crippen MR) is 122 cm³/mol. The zero-order valence-corrected chi connectivity index (χ0v) is 18.2. The lowest BCUT2D eigenvalue weighted by Crippen LogP contribution is -2.28. The quantitative estimate of drug-likeness (QED) is 0.697. The summed E-state index contributed by atoms with van der Waals surface area (Å²) in [6.45, 7) is 2.51. The van der Waals surface area contributed by atoms with Crippen LogP contribution in [0.5, 0.6) is 5.75 Å². The van der Waals surface area contributed by atoms with Crippen LogP contribution in [0.3, 0.4) is 0 Å². The minimum absolute atomic E-state index is 0.0831. The highest BCUT2D eigenvalue weighted by atomic mass is 16.5. The zero-order chi connectivity index (χ0) is 22.5. The number of anilines is 2. The van der Waals surface area contributed by atoms with Crippen LogP contribution >= 0.6 is 0 Å². The van der Waals surface area contributed by atoms with Crippen molar-refractivity contribution in [2.24, 2.45) is 0 Å². The minimum Gasteiger partial charge on any atom is -0.494 e. The molecule has 2 N–H and O–H groups in total. The number of nitrogens with one attached hydrogen (secondary N) is 2. The number of nitrogens with zero attached hydrogens (tertiary/aromatic N) is 2. The highest BCUT2D eigenvalue weighted by Crippen LogP contribution is 2.33. The topological polar surface area (TPSA) is 91.0 Å². The highest BCUT2D eigenvalue weighted by molar-refractivity contribution is 5.97. The number of benzene rings is 2. The summed E-state index contributed by atoms with van der Waals surface area (Å²) in [5, 5.41) is 5.64. The lowest BCUT2D eigenvalue weighted by Gasteiger charge is -2.19. The van der Waals surface area contributed by atoms with Gasteiger partial charge in [0.2, 0.25) is 11.8 Å². The third kappa shape index (κ3) is 5.01. The molecule has 168 valence electrons. The Balaban J connectivity index is 1.30. The number of carbonyl (C=O) groups is 3. The maximum atomic E-state index is 12.3. The van der Waals surface area contributed by atoms with Crippen molar-refractivity contribution in [3.05, 3.63) is 53.6 Å². The molecule has 2 heterocycles. The smallest absolute Gasteiger partial charge is 0.319 e. The largest absolute Gasteiger partial charge is 0.494 e. The molecule has 0 bridgehead atoms. The number of carbonyl (C=O) groups excluding carboxylic acids is 3. The van der Waals surface area contributed by atoms with Gasteiger partial charge in [-0.3, -0.25) is 9.59 Å². The van der Waals surface area contributed by atoms with Gasteiger partial charge in [0, 0.05) is 50.8 Å². The average Bonchev–Trinajstić information content (AvgIpc) is 3.41. The van der Waals surface area contributed by atoms with Crippen LogP contribution in [0.25, 0.3) is 0 Å². The van der Waals surface area contributed by atoms with Gasteiger partial charge >= 0.3 is 6.03 Å².